The highest BCUT2D eigenvalue weighted by Crippen LogP contribution is 2.17. The molecule has 0 spiro atoms. The van der Waals surface area contributed by atoms with Gasteiger partial charge in [0.05, 0.1) is 17.6 Å². The Balaban J connectivity index is 2.32. The SMILES string of the molecule is CCn1cc(NS(=O)(=O)c2cccnc2CN)cn1. The fourth-order valence-electron chi connectivity index (χ4n) is 1.62. The second kappa shape index (κ2) is 5.37. The van der Waals surface area contributed by atoms with Crippen molar-refractivity contribution in [2.24, 2.45) is 5.73 Å². The van der Waals surface area contributed by atoms with Gasteiger partial charge >= 0.3 is 0 Å². The van der Waals surface area contributed by atoms with Crippen LogP contribution in [0.4, 0.5) is 5.69 Å². The lowest BCUT2D eigenvalue weighted by atomic mass is 10.3. The second-order valence-corrected chi connectivity index (χ2v) is 5.49. The van der Waals surface area contributed by atoms with Gasteiger partial charge in [-0.2, -0.15) is 5.10 Å². The zero-order valence-corrected chi connectivity index (χ0v) is 11.3. The van der Waals surface area contributed by atoms with E-state index in [1.54, 1.807) is 16.9 Å². The minimum Gasteiger partial charge on any atom is -0.325 e. The lowest BCUT2D eigenvalue weighted by Crippen LogP contribution is -2.17. The van der Waals surface area contributed by atoms with E-state index in [0.29, 0.717) is 17.9 Å². The van der Waals surface area contributed by atoms with Gasteiger partial charge in [0.2, 0.25) is 0 Å². The molecule has 2 aromatic heterocycles. The highest BCUT2D eigenvalue weighted by molar-refractivity contribution is 7.92. The molecule has 7 nitrogen and oxygen atoms in total. The van der Waals surface area contributed by atoms with Gasteiger partial charge in [-0.15, -0.1) is 0 Å². The van der Waals surface area contributed by atoms with E-state index in [2.05, 4.69) is 14.8 Å². The van der Waals surface area contributed by atoms with Crippen molar-refractivity contribution in [3.63, 3.8) is 0 Å². The molecule has 2 rings (SSSR count). The third-order valence-corrected chi connectivity index (χ3v) is 4.00. The number of nitrogens with one attached hydrogen (secondary N) is 1. The van der Waals surface area contributed by atoms with E-state index < -0.39 is 10.0 Å². The molecule has 0 unspecified atom stereocenters. The normalized spacial score (nSPS) is 11.5. The number of hydrogen-bond donors (Lipinski definition) is 2. The Morgan fingerprint density at radius 1 is 1.47 bits per heavy atom. The summed E-state index contributed by atoms with van der Waals surface area (Å²) in [6.07, 6.45) is 4.59. The predicted molar refractivity (Wildman–Crippen MR) is 70.8 cm³/mol. The van der Waals surface area contributed by atoms with Crippen molar-refractivity contribution < 1.29 is 8.42 Å². The minimum absolute atomic E-state index is 0.0608. The molecule has 2 aromatic rings. The molecule has 0 radical (unpaired) electrons. The smallest absolute Gasteiger partial charge is 0.263 e. The maximum absolute atomic E-state index is 12.2. The van der Waals surface area contributed by atoms with Crippen molar-refractivity contribution in [3.05, 3.63) is 36.4 Å². The predicted octanol–water partition coefficient (Wildman–Crippen LogP) is 0.557. The molecule has 3 N–H and O–H groups in total. The standard InChI is InChI=1S/C11H15N5O2S/c1-2-16-8-9(7-14-16)15-19(17,18)11-4-3-5-13-10(11)6-12/h3-5,7-8,15H,2,6,12H2,1H3. The molecule has 0 atom stereocenters. The van der Waals surface area contributed by atoms with Crippen molar-refractivity contribution in [2.75, 3.05) is 4.72 Å². The molecule has 0 saturated heterocycles. The molecule has 0 aliphatic heterocycles. The monoisotopic (exact) mass is 281 g/mol. The van der Waals surface area contributed by atoms with Crippen LogP contribution in [0.25, 0.3) is 0 Å². The molecular weight excluding hydrogens is 266 g/mol. The van der Waals surface area contributed by atoms with Crippen LogP contribution >= 0.6 is 0 Å². The summed E-state index contributed by atoms with van der Waals surface area (Å²) in [7, 11) is -3.70. The Bertz CT molecular complexity index is 665. The summed E-state index contributed by atoms with van der Waals surface area (Å²) < 4.78 is 28.6. The Hall–Kier alpha value is -1.93. The molecule has 0 amide bonds. The van der Waals surface area contributed by atoms with E-state index in [4.69, 9.17) is 5.73 Å². The van der Waals surface area contributed by atoms with Gasteiger partial charge in [-0.3, -0.25) is 14.4 Å². The Kier molecular flexibility index (Phi) is 3.82. The van der Waals surface area contributed by atoms with E-state index in [-0.39, 0.29) is 11.4 Å². The first-order chi connectivity index (χ1) is 9.06. The second-order valence-electron chi connectivity index (χ2n) is 3.84. The van der Waals surface area contributed by atoms with Gasteiger partial charge in [0.25, 0.3) is 10.0 Å². The zero-order valence-electron chi connectivity index (χ0n) is 10.4. The largest absolute Gasteiger partial charge is 0.325 e. The van der Waals surface area contributed by atoms with Crippen molar-refractivity contribution in [1.82, 2.24) is 14.8 Å². The fraction of sp³-hybridized carbons (Fsp3) is 0.273. The third kappa shape index (κ3) is 2.91. The zero-order chi connectivity index (χ0) is 13.9. The Morgan fingerprint density at radius 3 is 2.89 bits per heavy atom. The number of aryl methyl sites for hydroxylation is 1. The summed E-state index contributed by atoms with van der Waals surface area (Å²) in [6.45, 7) is 2.65. The topological polar surface area (TPSA) is 103 Å². The lowest BCUT2D eigenvalue weighted by molar-refractivity contribution is 0.599. The average Bonchev–Trinajstić information content (AvgIpc) is 2.85. The minimum atomic E-state index is -3.70. The molecule has 0 bridgehead atoms. The highest BCUT2D eigenvalue weighted by atomic mass is 32.2. The van der Waals surface area contributed by atoms with Crippen molar-refractivity contribution in [3.8, 4) is 0 Å². The first-order valence-corrected chi connectivity index (χ1v) is 7.24. The molecule has 0 aliphatic rings. The van der Waals surface area contributed by atoms with Gasteiger partial charge in [-0.1, -0.05) is 0 Å². The van der Waals surface area contributed by atoms with Crippen LogP contribution < -0.4 is 10.5 Å². The summed E-state index contributed by atoms with van der Waals surface area (Å²) in [5, 5.41) is 4.00. The first-order valence-electron chi connectivity index (χ1n) is 5.76. The number of pyridine rings is 1. The van der Waals surface area contributed by atoms with Crippen molar-refractivity contribution >= 4 is 15.7 Å². The number of hydrogen-bond acceptors (Lipinski definition) is 5. The van der Waals surface area contributed by atoms with Crippen LogP contribution in [0.3, 0.4) is 0 Å². The molecule has 2 heterocycles. The van der Waals surface area contributed by atoms with Crippen LogP contribution in [0.5, 0.6) is 0 Å². The van der Waals surface area contributed by atoms with Gasteiger partial charge in [0.1, 0.15) is 4.90 Å². The molecule has 0 fully saturated rings. The number of aromatic nitrogens is 3. The number of nitrogens with zero attached hydrogens (tertiary/aromatic N) is 3. The van der Waals surface area contributed by atoms with Crippen LogP contribution in [0, 0.1) is 0 Å². The van der Waals surface area contributed by atoms with E-state index in [9.17, 15) is 8.42 Å². The maximum Gasteiger partial charge on any atom is 0.263 e. The first kappa shape index (κ1) is 13.5. The van der Waals surface area contributed by atoms with Gasteiger partial charge < -0.3 is 5.73 Å². The van der Waals surface area contributed by atoms with Crippen LogP contribution in [-0.2, 0) is 23.1 Å². The van der Waals surface area contributed by atoms with Crippen molar-refractivity contribution in [1.29, 1.82) is 0 Å². The van der Waals surface area contributed by atoms with E-state index in [0.717, 1.165) is 0 Å². The molecule has 19 heavy (non-hydrogen) atoms. The Morgan fingerprint density at radius 2 is 2.26 bits per heavy atom. The summed E-state index contributed by atoms with van der Waals surface area (Å²) >= 11 is 0. The van der Waals surface area contributed by atoms with E-state index in [1.165, 1.54) is 18.5 Å². The summed E-state index contributed by atoms with van der Waals surface area (Å²) in [4.78, 5) is 4.05. The van der Waals surface area contributed by atoms with E-state index >= 15 is 0 Å². The van der Waals surface area contributed by atoms with Gasteiger partial charge in [0, 0.05) is 25.5 Å². The third-order valence-electron chi connectivity index (χ3n) is 2.54. The van der Waals surface area contributed by atoms with Crippen LogP contribution in [0.15, 0.2) is 35.6 Å². The van der Waals surface area contributed by atoms with Crippen LogP contribution in [0.1, 0.15) is 12.6 Å². The maximum atomic E-state index is 12.2. The van der Waals surface area contributed by atoms with Crippen LogP contribution in [-0.4, -0.2) is 23.2 Å². The summed E-state index contributed by atoms with van der Waals surface area (Å²) in [6, 6.07) is 3.03. The van der Waals surface area contributed by atoms with Gasteiger partial charge in [-0.25, -0.2) is 8.42 Å². The number of anilines is 1. The molecule has 0 saturated carbocycles. The summed E-state index contributed by atoms with van der Waals surface area (Å²) in [5.41, 5.74) is 6.24. The molecule has 8 heteroatoms. The molecule has 0 aromatic carbocycles. The van der Waals surface area contributed by atoms with Crippen LogP contribution in [0.2, 0.25) is 0 Å². The summed E-state index contributed by atoms with van der Waals surface area (Å²) in [5.74, 6) is 0. The van der Waals surface area contributed by atoms with E-state index in [1.807, 2.05) is 6.92 Å². The lowest BCUT2D eigenvalue weighted by Gasteiger charge is -2.08. The van der Waals surface area contributed by atoms with Gasteiger partial charge in [0.15, 0.2) is 0 Å². The molecular formula is C11H15N5O2S. The highest BCUT2D eigenvalue weighted by Gasteiger charge is 2.19. The fourth-order valence-corrected chi connectivity index (χ4v) is 2.85. The van der Waals surface area contributed by atoms with Crippen molar-refractivity contribution in [2.45, 2.75) is 24.9 Å². The molecule has 102 valence electrons. The van der Waals surface area contributed by atoms with Gasteiger partial charge in [-0.05, 0) is 19.1 Å². The number of sulfonamides is 1. The Labute approximate surface area is 111 Å². The average molecular weight is 281 g/mol. The number of nitrogens with two attached hydrogens (primary N) is 1. The molecule has 0 aliphatic carbocycles. The quantitative estimate of drug-likeness (QED) is 0.833. The number of rotatable bonds is 5.